The van der Waals surface area contributed by atoms with Crippen molar-refractivity contribution in [2.75, 3.05) is 0 Å². The van der Waals surface area contributed by atoms with E-state index in [-0.39, 0.29) is 11.1 Å². The second-order valence-electron chi connectivity index (χ2n) is 4.51. The van der Waals surface area contributed by atoms with Crippen LogP contribution in [-0.4, -0.2) is 32.1 Å². The number of nitro benzene ring substituents is 2. The van der Waals surface area contributed by atoms with E-state index in [1.165, 1.54) is 18.5 Å². The number of hydrogen-bond acceptors (Lipinski definition) is 8. The van der Waals surface area contributed by atoms with E-state index in [4.69, 9.17) is 0 Å². The summed E-state index contributed by atoms with van der Waals surface area (Å²) < 4.78 is 0.566. The van der Waals surface area contributed by atoms with Crippen LogP contribution in [0.15, 0.2) is 40.2 Å². The fraction of sp³-hybridized carbons (Fsp3) is 0. The maximum atomic E-state index is 11.9. The number of non-ortho nitro benzene ring substituents is 1. The molecule has 1 aromatic carbocycles. The van der Waals surface area contributed by atoms with Crippen LogP contribution in [-0.2, 0) is 0 Å². The van der Waals surface area contributed by atoms with Crippen LogP contribution >= 0.6 is 15.9 Å². The predicted molar refractivity (Wildman–Crippen MR) is 88.4 cm³/mol. The van der Waals surface area contributed by atoms with Gasteiger partial charge in [-0.25, -0.2) is 5.43 Å². The Balaban J connectivity index is 2.27. The second kappa shape index (κ2) is 7.44. The summed E-state index contributed by atoms with van der Waals surface area (Å²) in [6, 6.07) is 2.99. The standard InChI is InChI=1S/C13H8BrN5O6/c14-9-1-8(4-15-6-9)13(21)17-16-5-7-2-10(18(22)23)3-11(12(7)20)19(24)25/h1-6,20H,(H,17,21)/b16-5+. The highest BCUT2D eigenvalue weighted by molar-refractivity contribution is 9.10. The number of pyridine rings is 1. The first-order chi connectivity index (χ1) is 11.8. The van der Waals surface area contributed by atoms with Crippen molar-refractivity contribution in [3.05, 3.63) is 66.4 Å². The molecule has 0 spiro atoms. The van der Waals surface area contributed by atoms with E-state index in [1.807, 2.05) is 0 Å². The van der Waals surface area contributed by atoms with E-state index < -0.39 is 32.9 Å². The highest BCUT2D eigenvalue weighted by atomic mass is 79.9. The monoisotopic (exact) mass is 409 g/mol. The van der Waals surface area contributed by atoms with Gasteiger partial charge in [-0.2, -0.15) is 5.10 Å². The SMILES string of the molecule is O=C(N/N=C/c1cc([N+](=O)[O-])cc([N+](=O)[O-])c1O)c1cncc(Br)c1. The lowest BCUT2D eigenvalue weighted by molar-refractivity contribution is -0.394. The van der Waals surface area contributed by atoms with E-state index in [0.717, 1.165) is 12.3 Å². The first-order valence-corrected chi connectivity index (χ1v) is 7.18. The van der Waals surface area contributed by atoms with Gasteiger partial charge in [-0.15, -0.1) is 0 Å². The summed E-state index contributed by atoms with van der Waals surface area (Å²) in [5.41, 5.74) is 0.550. The number of phenols is 1. The van der Waals surface area contributed by atoms with Crippen LogP contribution in [0.2, 0.25) is 0 Å². The number of hydrazone groups is 1. The fourth-order valence-electron chi connectivity index (χ4n) is 1.73. The van der Waals surface area contributed by atoms with Crippen LogP contribution in [0.5, 0.6) is 5.75 Å². The van der Waals surface area contributed by atoms with Gasteiger partial charge in [-0.3, -0.25) is 30.0 Å². The zero-order valence-corrected chi connectivity index (χ0v) is 13.7. The highest BCUT2D eigenvalue weighted by Crippen LogP contribution is 2.33. The number of nitrogens with zero attached hydrogens (tertiary/aromatic N) is 4. The van der Waals surface area contributed by atoms with Gasteiger partial charge in [0.25, 0.3) is 11.6 Å². The van der Waals surface area contributed by atoms with Crippen LogP contribution in [0.4, 0.5) is 11.4 Å². The molecule has 2 rings (SSSR count). The third-order valence-electron chi connectivity index (χ3n) is 2.85. The molecule has 0 aliphatic rings. The van der Waals surface area contributed by atoms with Crippen molar-refractivity contribution in [3.63, 3.8) is 0 Å². The number of phenolic OH excluding ortho intramolecular Hbond substituents is 1. The van der Waals surface area contributed by atoms with Gasteiger partial charge >= 0.3 is 5.69 Å². The summed E-state index contributed by atoms with van der Waals surface area (Å²) in [6.45, 7) is 0. The van der Waals surface area contributed by atoms with Crippen molar-refractivity contribution in [2.24, 2.45) is 5.10 Å². The zero-order chi connectivity index (χ0) is 18.6. The average molecular weight is 410 g/mol. The topological polar surface area (TPSA) is 161 Å². The van der Waals surface area contributed by atoms with Gasteiger partial charge in [0, 0.05) is 22.9 Å². The predicted octanol–water partition coefficient (Wildman–Crippen LogP) is 2.13. The van der Waals surface area contributed by atoms with Gasteiger partial charge in [0.05, 0.1) is 33.3 Å². The lowest BCUT2D eigenvalue weighted by Crippen LogP contribution is -2.17. The Labute approximate surface area is 147 Å². The number of halogens is 1. The van der Waals surface area contributed by atoms with Crippen LogP contribution in [0.3, 0.4) is 0 Å². The maximum absolute atomic E-state index is 11.9. The Bertz CT molecular complexity index is 900. The van der Waals surface area contributed by atoms with Crippen LogP contribution in [0.25, 0.3) is 0 Å². The van der Waals surface area contributed by atoms with Gasteiger partial charge in [-0.1, -0.05) is 0 Å². The van der Waals surface area contributed by atoms with Crippen molar-refractivity contribution in [2.45, 2.75) is 0 Å². The molecule has 11 nitrogen and oxygen atoms in total. The first-order valence-electron chi connectivity index (χ1n) is 6.39. The molecule has 25 heavy (non-hydrogen) atoms. The average Bonchev–Trinajstić information content (AvgIpc) is 2.55. The van der Waals surface area contributed by atoms with Gasteiger partial charge in [-0.05, 0) is 22.0 Å². The van der Waals surface area contributed by atoms with E-state index in [2.05, 4.69) is 31.4 Å². The lowest BCUT2D eigenvalue weighted by Gasteiger charge is -2.02. The van der Waals surface area contributed by atoms with Gasteiger partial charge in [0.15, 0.2) is 0 Å². The molecule has 0 atom stereocenters. The third kappa shape index (κ3) is 4.32. The number of hydrogen-bond donors (Lipinski definition) is 2. The Morgan fingerprint density at radius 1 is 1.24 bits per heavy atom. The molecule has 0 fully saturated rings. The summed E-state index contributed by atoms with van der Waals surface area (Å²) in [7, 11) is 0. The fourth-order valence-corrected chi connectivity index (χ4v) is 2.09. The molecule has 1 heterocycles. The normalized spacial score (nSPS) is 10.6. The molecule has 0 unspecified atom stereocenters. The minimum atomic E-state index is -0.967. The Hall–Kier alpha value is -3.41. The summed E-state index contributed by atoms with van der Waals surface area (Å²) in [6.07, 6.45) is 3.62. The molecule has 0 bridgehead atoms. The molecule has 1 amide bonds. The van der Waals surface area contributed by atoms with Crippen molar-refractivity contribution < 1.29 is 19.7 Å². The Morgan fingerprint density at radius 3 is 2.56 bits per heavy atom. The van der Waals surface area contributed by atoms with Gasteiger partial charge in [0.2, 0.25) is 5.75 Å². The Morgan fingerprint density at radius 2 is 1.96 bits per heavy atom. The molecular weight excluding hydrogens is 402 g/mol. The zero-order valence-electron chi connectivity index (χ0n) is 12.1. The number of carbonyl (C=O) groups is 1. The maximum Gasteiger partial charge on any atom is 0.318 e. The van der Waals surface area contributed by atoms with Crippen molar-refractivity contribution in [3.8, 4) is 5.75 Å². The molecule has 12 heteroatoms. The van der Waals surface area contributed by atoms with Crippen molar-refractivity contribution in [1.82, 2.24) is 10.4 Å². The summed E-state index contributed by atoms with van der Waals surface area (Å²) in [5, 5.41) is 35.0. The molecule has 2 aromatic rings. The quantitative estimate of drug-likeness (QED) is 0.434. The number of nitro groups is 2. The summed E-state index contributed by atoms with van der Waals surface area (Å²) >= 11 is 3.15. The largest absolute Gasteiger partial charge is 0.502 e. The summed E-state index contributed by atoms with van der Waals surface area (Å²) in [4.78, 5) is 35.5. The van der Waals surface area contributed by atoms with Gasteiger partial charge in [0.1, 0.15) is 0 Å². The molecule has 2 N–H and O–H groups in total. The number of rotatable bonds is 5. The second-order valence-corrected chi connectivity index (χ2v) is 5.42. The van der Waals surface area contributed by atoms with E-state index in [1.54, 1.807) is 0 Å². The van der Waals surface area contributed by atoms with Crippen molar-refractivity contribution >= 4 is 39.4 Å². The van der Waals surface area contributed by atoms with E-state index in [0.29, 0.717) is 10.5 Å². The van der Waals surface area contributed by atoms with Crippen LogP contribution < -0.4 is 5.43 Å². The Kier molecular flexibility index (Phi) is 5.34. The number of aromatic nitrogens is 1. The molecule has 128 valence electrons. The lowest BCUT2D eigenvalue weighted by atomic mass is 10.1. The smallest absolute Gasteiger partial charge is 0.318 e. The molecular formula is C13H8BrN5O6. The van der Waals surface area contributed by atoms with E-state index >= 15 is 0 Å². The first kappa shape index (κ1) is 17.9. The number of aromatic hydroxyl groups is 1. The van der Waals surface area contributed by atoms with E-state index in [9.17, 15) is 30.1 Å². The molecule has 0 aliphatic heterocycles. The van der Waals surface area contributed by atoms with Crippen LogP contribution in [0, 0.1) is 20.2 Å². The molecule has 0 aliphatic carbocycles. The number of amides is 1. The number of nitrogens with one attached hydrogen (secondary N) is 1. The molecule has 0 saturated carbocycles. The number of carbonyl (C=O) groups excluding carboxylic acids is 1. The van der Waals surface area contributed by atoms with Crippen molar-refractivity contribution in [1.29, 1.82) is 0 Å². The molecule has 1 aromatic heterocycles. The third-order valence-corrected chi connectivity index (χ3v) is 3.28. The van der Waals surface area contributed by atoms with Gasteiger partial charge < -0.3 is 5.11 Å². The summed E-state index contributed by atoms with van der Waals surface area (Å²) in [5.74, 6) is -1.44. The minimum absolute atomic E-state index is 0.181. The molecule has 0 radical (unpaired) electrons. The number of benzene rings is 1. The minimum Gasteiger partial charge on any atom is -0.502 e. The van der Waals surface area contributed by atoms with Crippen LogP contribution in [0.1, 0.15) is 15.9 Å². The highest BCUT2D eigenvalue weighted by Gasteiger charge is 2.23. The molecule has 0 saturated heterocycles.